The van der Waals surface area contributed by atoms with Gasteiger partial charge in [-0.05, 0) is 38.1 Å². The molecule has 0 atom stereocenters. The van der Waals surface area contributed by atoms with E-state index in [0.29, 0.717) is 6.61 Å². The Morgan fingerprint density at radius 3 is 2.42 bits per heavy atom. The summed E-state index contributed by atoms with van der Waals surface area (Å²) in [5, 5.41) is 3.28. The van der Waals surface area contributed by atoms with E-state index in [1.165, 1.54) is 0 Å². The number of hydrogen-bond acceptors (Lipinski definition) is 3. The van der Waals surface area contributed by atoms with Crippen LogP contribution in [0.2, 0.25) is 0 Å². The molecule has 0 fully saturated rings. The maximum Gasteiger partial charge on any atom is 0.142 e. The Labute approximate surface area is 114 Å². The van der Waals surface area contributed by atoms with Gasteiger partial charge in [-0.2, -0.15) is 0 Å². The van der Waals surface area contributed by atoms with Crippen LogP contribution < -0.4 is 14.8 Å². The Kier molecular flexibility index (Phi) is 4.67. The lowest BCUT2D eigenvalue weighted by atomic mass is 10.2. The van der Waals surface area contributed by atoms with Crippen molar-refractivity contribution in [1.29, 1.82) is 0 Å². The normalized spacial score (nSPS) is 10.0. The summed E-state index contributed by atoms with van der Waals surface area (Å²) in [6.45, 7) is 5.52. The van der Waals surface area contributed by atoms with Crippen LogP contribution in [0.15, 0.2) is 48.5 Å². The van der Waals surface area contributed by atoms with Crippen LogP contribution in [0.4, 0.5) is 5.69 Å². The van der Waals surface area contributed by atoms with E-state index in [1.807, 2.05) is 55.5 Å². The molecule has 0 aliphatic heterocycles. The molecule has 1 N–H and O–H groups in total. The lowest BCUT2D eigenvalue weighted by Crippen LogP contribution is -2.01. The van der Waals surface area contributed by atoms with Crippen molar-refractivity contribution < 1.29 is 9.47 Å². The van der Waals surface area contributed by atoms with Crippen molar-refractivity contribution in [3.05, 3.63) is 48.5 Å². The highest BCUT2D eigenvalue weighted by Gasteiger charge is 2.05. The van der Waals surface area contributed by atoms with Gasteiger partial charge in [0.05, 0.1) is 12.3 Å². The molecule has 19 heavy (non-hydrogen) atoms. The molecule has 0 saturated carbocycles. The Balaban J connectivity index is 2.20. The van der Waals surface area contributed by atoms with E-state index in [-0.39, 0.29) is 0 Å². The minimum Gasteiger partial charge on any atom is -0.492 e. The van der Waals surface area contributed by atoms with Gasteiger partial charge in [-0.3, -0.25) is 0 Å². The molecule has 0 aliphatic carbocycles. The van der Waals surface area contributed by atoms with Crippen molar-refractivity contribution in [1.82, 2.24) is 0 Å². The number of rotatable bonds is 6. The molecule has 100 valence electrons. The summed E-state index contributed by atoms with van der Waals surface area (Å²) >= 11 is 0. The summed E-state index contributed by atoms with van der Waals surface area (Å²) in [5.74, 6) is 2.48. The topological polar surface area (TPSA) is 30.5 Å². The molecule has 0 amide bonds. The second-order valence-corrected chi connectivity index (χ2v) is 4.04. The first-order chi connectivity index (χ1) is 9.33. The largest absolute Gasteiger partial charge is 0.492 e. The average Bonchev–Trinajstić information content (AvgIpc) is 2.43. The van der Waals surface area contributed by atoms with Crippen molar-refractivity contribution in [2.24, 2.45) is 0 Å². The number of para-hydroxylation sites is 1. The SMILES string of the molecule is CCNc1cc(Oc2ccccc2)ccc1OCC. The minimum absolute atomic E-state index is 0.650. The van der Waals surface area contributed by atoms with Gasteiger partial charge in [-0.1, -0.05) is 18.2 Å². The summed E-state index contributed by atoms with van der Waals surface area (Å²) in [6, 6.07) is 15.5. The second kappa shape index (κ2) is 6.69. The maximum atomic E-state index is 5.80. The minimum atomic E-state index is 0.650. The predicted molar refractivity (Wildman–Crippen MR) is 78.3 cm³/mol. The summed E-state index contributed by atoms with van der Waals surface area (Å²) in [4.78, 5) is 0. The summed E-state index contributed by atoms with van der Waals surface area (Å²) < 4.78 is 11.4. The van der Waals surface area contributed by atoms with Crippen molar-refractivity contribution in [2.45, 2.75) is 13.8 Å². The first-order valence-corrected chi connectivity index (χ1v) is 6.57. The van der Waals surface area contributed by atoms with Crippen LogP contribution in [0.1, 0.15) is 13.8 Å². The molecule has 0 aromatic heterocycles. The van der Waals surface area contributed by atoms with E-state index >= 15 is 0 Å². The van der Waals surface area contributed by atoms with Crippen LogP contribution in [0, 0.1) is 0 Å². The van der Waals surface area contributed by atoms with Crippen molar-refractivity contribution in [2.75, 3.05) is 18.5 Å². The third kappa shape index (κ3) is 3.65. The van der Waals surface area contributed by atoms with Gasteiger partial charge in [-0.25, -0.2) is 0 Å². The lowest BCUT2D eigenvalue weighted by Gasteiger charge is -2.13. The molecule has 2 aromatic rings. The Bertz CT molecular complexity index is 511. The first kappa shape index (κ1) is 13.3. The zero-order chi connectivity index (χ0) is 13.5. The zero-order valence-electron chi connectivity index (χ0n) is 11.3. The summed E-state index contributed by atoms with van der Waals surface area (Å²) in [5.41, 5.74) is 0.956. The molecule has 0 radical (unpaired) electrons. The van der Waals surface area contributed by atoms with E-state index in [4.69, 9.17) is 9.47 Å². The van der Waals surface area contributed by atoms with Gasteiger partial charge in [0.1, 0.15) is 17.2 Å². The molecule has 0 saturated heterocycles. The van der Waals surface area contributed by atoms with Crippen LogP contribution in [0.25, 0.3) is 0 Å². The molecule has 0 spiro atoms. The van der Waals surface area contributed by atoms with Gasteiger partial charge < -0.3 is 14.8 Å². The fraction of sp³-hybridized carbons (Fsp3) is 0.250. The Morgan fingerprint density at radius 1 is 0.947 bits per heavy atom. The number of nitrogens with one attached hydrogen (secondary N) is 1. The third-order valence-corrected chi connectivity index (χ3v) is 2.60. The van der Waals surface area contributed by atoms with E-state index in [0.717, 1.165) is 29.5 Å². The van der Waals surface area contributed by atoms with Gasteiger partial charge in [0.2, 0.25) is 0 Å². The monoisotopic (exact) mass is 257 g/mol. The second-order valence-electron chi connectivity index (χ2n) is 4.04. The molecular formula is C16H19NO2. The van der Waals surface area contributed by atoms with Crippen molar-refractivity contribution in [3.63, 3.8) is 0 Å². The standard InChI is InChI=1S/C16H19NO2/c1-3-17-15-12-14(10-11-16(15)18-4-2)19-13-8-6-5-7-9-13/h5-12,17H,3-4H2,1-2H3. The quantitative estimate of drug-likeness (QED) is 0.836. The van der Waals surface area contributed by atoms with Crippen LogP contribution in [0.5, 0.6) is 17.2 Å². The molecule has 2 aromatic carbocycles. The van der Waals surface area contributed by atoms with E-state index < -0.39 is 0 Å². The predicted octanol–water partition coefficient (Wildman–Crippen LogP) is 4.31. The Morgan fingerprint density at radius 2 is 1.74 bits per heavy atom. The van der Waals surface area contributed by atoms with Gasteiger partial charge in [0.15, 0.2) is 0 Å². The molecule has 0 unspecified atom stereocenters. The van der Waals surface area contributed by atoms with Crippen molar-refractivity contribution >= 4 is 5.69 Å². The lowest BCUT2D eigenvalue weighted by molar-refractivity contribution is 0.341. The van der Waals surface area contributed by atoms with E-state index in [9.17, 15) is 0 Å². The molecule has 0 heterocycles. The molecule has 2 rings (SSSR count). The van der Waals surface area contributed by atoms with Crippen LogP contribution in [-0.4, -0.2) is 13.2 Å². The van der Waals surface area contributed by atoms with Crippen LogP contribution >= 0.6 is 0 Å². The molecule has 0 bridgehead atoms. The highest BCUT2D eigenvalue weighted by Crippen LogP contribution is 2.31. The number of anilines is 1. The fourth-order valence-corrected chi connectivity index (χ4v) is 1.81. The smallest absolute Gasteiger partial charge is 0.142 e. The summed E-state index contributed by atoms with van der Waals surface area (Å²) in [7, 11) is 0. The molecule has 3 heteroatoms. The highest BCUT2D eigenvalue weighted by atomic mass is 16.5. The van der Waals surface area contributed by atoms with Crippen LogP contribution in [-0.2, 0) is 0 Å². The molecular weight excluding hydrogens is 238 g/mol. The van der Waals surface area contributed by atoms with Gasteiger partial charge in [0.25, 0.3) is 0 Å². The maximum absolute atomic E-state index is 5.80. The van der Waals surface area contributed by atoms with Gasteiger partial charge >= 0.3 is 0 Å². The van der Waals surface area contributed by atoms with E-state index in [1.54, 1.807) is 0 Å². The fourth-order valence-electron chi connectivity index (χ4n) is 1.81. The number of benzene rings is 2. The average molecular weight is 257 g/mol. The van der Waals surface area contributed by atoms with Crippen molar-refractivity contribution in [3.8, 4) is 17.2 Å². The van der Waals surface area contributed by atoms with Crippen LogP contribution in [0.3, 0.4) is 0 Å². The number of ether oxygens (including phenoxy) is 2. The summed E-state index contributed by atoms with van der Waals surface area (Å²) in [6.07, 6.45) is 0. The third-order valence-electron chi connectivity index (χ3n) is 2.60. The first-order valence-electron chi connectivity index (χ1n) is 6.57. The van der Waals surface area contributed by atoms with Gasteiger partial charge in [0, 0.05) is 12.6 Å². The molecule has 3 nitrogen and oxygen atoms in total. The highest BCUT2D eigenvalue weighted by molar-refractivity contribution is 5.60. The zero-order valence-corrected chi connectivity index (χ0v) is 11.3. The number of hydrogen-bond donors (Lipinski definition) is 1. The molecule has 0 aliphatic rings. The Hall–Kier alpha value is -2.16. The van der Waals surface area contributed by atoms with Gasteiger partial charge in [-0.15, -0.1) is 0 Å². The van der Waals surface area contributed by atoms with E-state index in [2.05, 4.69) is 12.2 Å².